The van der Waals surface area contributed by atoms with Crippen LogP contribution >= 0.6 is 24.0 Å². The number of carbonyl (C=O) groups excluding carboxylic acids is 2. The van der Waals surface area contributed by atoms with Crippen molar-refractivity contribution < 1.29 is 19.8 Å². The van der Waals surface area contributed by atoms with Crippen molar-refractivity contribution in [2.24, 2.45) is 5.92 Å². The standard InChI is InChI=1S/C25H37ClN4O4.ClH/c1-2-3-13-30-23(33)20(21(31)17-7-5-4-6-8-17)28-24(34)25(30)11-14-29(15-12-25)22(32)18-9-10-19(26)27-16-18;/h9-10,16-17,20-22,31-32H,2-8,11-15H2,1H3,(H,28,34);1H/t20-,21-,22?;/m1./s1. The van der Waals surface area contributed by atoms with Crippen LogP contribution in [0.25, 0.3) is 0 Å². The van der Waals surface area contributed by atoms with Crippen LogP contribution < -0.4 is 5.32 Å². The number of aliphatic hydroxyl groups is 2. The van der Waals surface area contributed by atoms with E-state index in [1.54, 1.807) is 23.2 Å². The SMILES string of the molecule is CCCCN1C(=O)[C@@H]([C@H](O)C2CCCCC2)NC(=O)C12CCN(C(O)c1ccc(Cl)nc1)CC2.Cl. The van der Waals surface area contributed by atoms with Gasteiger partial charge >= 0.3 is 0 Å². The molecule has 1 aromatic heterocycles. The maximum Gasteiger partial charge on any atom is 0.248 e. The number of aliphatic hydroxyl groups excluding tert-OH is 2. The summed E-state index contributed by atoms with van der Waals surface area (Å²) in [4.78, 5) is 34.9. The van der Waals surface area contributed by atoms with Crippen LogP contribution in [0.3, 0.4) is 0 Å². The van der Waals surface area contributed by atoms with Crippen molar-refractivity contribution in [3.8, 4) is 0 Å². The van der Waals surface area contributed by atoms with E-state index in [1.165, 1.54) is 0 Å². The molecule has 196 valence electrons. The van der Waals surface area contributed by atoms with Gasteiger partial charge in [0.25, 0.3) is 0 Å². The first-order chi connectivity index (χ1) is 16.4. The molecule has 0 aromatic carbocycles. The molecule has 3 aliphatic rings. The summed E-state index contributed by atoms with van der Waals surface area (Å²) in [5.41, 5.74) is -0.299. The van der Waals surface area contributed by atoms with E-state index < -0.39 is 23.9 Å². The van der Waals surface area contributed by atoms with Crippen molar-refractivity contribution in [2.45, 2.75) is 88.6 Å². The average Bonchev–Trinajstić information content (AvgIpc) is 2.87. The van der Waals surface area contributed by atoms with Crippen LogP contribution in [-0.2, 0) is 9.59 Å². The zero-order chi connectivity index (χ0) is 24.3. The first kappa shape index (κ1) is 28.1. The summed E-state index contributed by atoms with van der Waals surface area (Å²) in [5, 5.41) is 25.2. The number of piperazine rings is 1. The number of rotatable bonds is 7. The Morgan fingerprint density at radius 3 is 2.46 bits per heavy atom. The van der Waals surface area contributed by atoms with E-state index in [2.05, 4.69) is 17.2 Å². The Kier molecular flexibility index (Phi) is 9.80. The zero-order valence-corrected chi connectivity index (χ0v) is 21.9. The quantitative estimate of drug-likeness (QED) is 0.469. The molecule has 3 fully saturated rings. The maximum absolute atomic E-state index is 13.7. The lowest BCUT2D eigenvalue weighted by atomic mass is 9.77. The Labute approximate surface area is 218 Å². The zero-order valence-electron chi connectivity index (χ0n) is 20.4. The number of nitrogens with zero attached hydrogens (tertiary/aromatic N) is 3. The summed E-state index contributed by atoms with van der Waals surface area (Å²) in [7, 11) is 0. The minimum absolute atomic E-state index is 0. The van der Waals surface area contributed by atoms with Gasteiger partial charge in [-0.25, -0.2) is 4.98 Å². The van der Waals surface area contributed by atoms with Gasteiger partial charge < -0.3 is 20.4 Å². The predicted octanol–water partition coefficient (Wildman–Crippen LogP) is 3.05. The van der Waals surface area contributed by atoms with Crippen LogP contribution in [0.4, 0.5) is 0 Å². The Morgan fingerprint density at radius 1 is 1.17 bits per heavy atom. The molecule has 2 saturated heterocycles. The van der Waals surface area contributed by atoms with Crippen LogP contribution in [0.15, 0.2) is 18.3 Å². The third-order valence-electron chi connectivity index (χ3n) is 7.99. The Morgan fingerprint density at radius 2 is 1.86 bits per heavy atom. The number of carbonyl (C=O) groups is 2. The summed E-state index contributed by atoms with van der Waals surface area (Å²) in [6, 6.07) is 2.51. The van der Waals surface area contributed by atoms with Gasteiger partial charge in [0.1, 0.15) is 23.0 Å². The molecule has 35 heavy (non-hydrogen) atoms. The monoisotopic (exact) mass is 528 g/mol. The molecule has 1 spiro atoms. The molecule has 3 N–H and O–H groups in total. The van der Waals surface area contributed by atoms with Crippen molar-refractivity contribution in [3.05, 3.63) is 29.0 Å². The highest BCUT2D eigenvalue weighted by atomic mass is 35.5. The van der Waals surface area contributed by atoms with Gasteiger partial charge in [-0.3, -0.25) is 14.5 Å². The summed E-state index contributed by atoms with van der Waals surface area (Å²) in [5.74, 6) is -0.289. The summed E-state index contributed by atoms with van der Waals surface area (Å²) < 4.78 is 0. The molecule has 1 unspecified atom stereocenters. The Hall–Kier alpha value is -1.45. The first-order valence-electron chi connectivity index (χ1n) is 12.7. The van der Waals surface area contributed by atoms with Crippen molar-refractivity contribution >= 4 is 35.8 Å². The van der Waals surface area contributed by atoms with E-state index in [0.29, 0.717) is 43.2 Å². The lowest BCUT2D eigenvalue weighted by Crippen LogP contribution is -2.75. The normalized spacial score (nSPS) is 25.1. The summed E-state index contributed by atoms with van der Waals surface area (Å²) in [6.45, 7) is 3.49. The third kappa shape index (κ3) is 5.77. The number of pyridine rings is 1. The van der Waals surface area contributed by atoms with E-state index in [-0.39, 0.29) is 30.1 Å². The number of halogens is 2. The van der Waals surface area contributed by atoms with E-state index in [0.717, 1.165) is 44.9 Å². The number of likely N-dealkylation sites (tertiary alicyclic amines) is 1. The van der Waals surface area contributed by atoms with E-state index in [1.807, 2.05) is 4.90 Å². The highest BCUT2D eigenvalue weighted by molar-refractivity contribution is 6.29. The fraction of sp³-hybridized carbons (Fsp3) is 0.720. The Bertz CT molecular complexity index is 858. The number of nitrogens with one attached hydrogen (secondary N) is 1. The second-order valence-electron chi connectivity index (χ2n) is 10.0. The third-order valence-corrected chi connectivity index (χ3v) is 8.21. The topological polar surface area (TPSA) is 106 Å². The van der Waals surface area contributed by atoms with E-state index >= 15 is 0 Å². The molecule has 1 aromatic rings. The van der Waals surface area contributed by atoms with Crippen molar-refractivity contribution in [1.82, 2.24) is 20.1 Å². The molecular formula is C25H38Cl2N4O4. The van der Waals surface area contributed by atoms with Gasteiger partial charge in [-0.05, 0) is 44.1 Å². The summed E-state index contributed by atoms with van der Waals surface area (Å²) in [6.07, 6.45) is 7.49. The van der Waals surface area contributed by atoms with Crippen LogP contribution in [0, 0.1) is 5.92 Å². The largest absolute Gasteiger partial charge is 0.390 e. The van der Waals surface area contributed by atoms with E-state index in [9.17, 15) is 19.8 Å². The first-order valence-corrected chi connectivity index (χ1v) is 13.1. The molecule has 1 saturated carbocycles. The predicted molar refractivity (Wildman–Crippen MR) is 136 cm³/mol. The molecule has 8 nitrogen and oxygen atoms in total. The van der Waals surface area contributed by atoms with Gasteiger partial charge in [-0.2, -0.15) is 0 Å². The minimum Gasteiger partial charge on any atom is -0.390 e. The highest BCUT2D eigenvalue weighted by Gasteiger charge is 2.55. The van der Waals surface area contributed by atoms with Crippen LogP contribution in [0.1, 0.15) is 76.5 Å². The van der Waals surface area contributed by atoms with Gasteiger partial charge in [0.15, 0.2) is 0 Å². The molecule has 2 amide bonds. The molecule has 3 heterocycles. The number of unbranched alkanes of at least 4 members (excludes halogenated alkanes) is 1. The van der Waals surface area contributed by atoms with Gasteiger partial charge in [0.2, 0.25) is 11.8 Å². The van der Waals surface area contributed by atoms with Gasteiger partial charge in [-0.1, -0.05) is 50.3 Å². The molecular weight excluding hydrogens is 491 g/mol. The number of hydrogen-bond acceptors (Lipinski definition) is 6. The molecule has 1 aliphatic carbocycles. The van der Waals surface area contributed by atoms with Gasteiger partial charge in [0.05, 0.1) is 6.10 Å². The maximum atomic E-state index is 13.7. The van der Waals surface area contributed by atoms with Crippen molar-refractivity contribution in [3.63, 3.8) is 0 Å². The fourth-order valence-corrected chi connectivity index (χ4v) is 5.96. The molecule has 10 heteroatoms. The van der Waals surface area contributed by atoms with E-state index in [4.69, 9.17) is 11.6 Å². The molecule has 3 atom stereocenters. The second-order valence-corrected chi connectivity index (χ2v) is 10.4. The lowest BCUT2D eigenvalue weighted by Gasteiger charge is -2.53. The average molecular weight is 530 g/mol. The fourth-order valence-electron chi connectivity index (χ4n) is 5.84. The molecule has 4 rings (SSSR count). The smallest absolute Gasteiger partial charge is 0.248 e. The van der Waals surface area contributed by atoms with Gasteiger partial charge in [0, 0.05) is 31.4 Å². The van der Waals surface area contributed by atoms with Crippen LogP contribution in [-0.4, -0.2) is 74.1 Å². The lowest BCUT2D eigenvalue weighted by molar-refractivity contribution is -0.167. The number of amides is 2. The molecule has 0 radical (unpaired) electrons. The molecule has 0 bridgehead atoms. The highest BCUT2D eigenvalue weighted by Crippen LogP contribution is 2.37. The van der Waals surface area contributed by atoms with Crippen molar-refractivity contribution in [2.75, 3.05) is 19.6 Å². The van der Waals surface area contributed by atoms with Crippen LogP contribution in [0.2, 0.25) is 5.15 Å². The Balaban J connectivity index is 0.00000342. The number of piperidine rings is 1. The van der Waals surface area contributed by atoms with Crippen molar-refractivity contribution in [1.29, 1.82) is 0 Å². The number of hydrogen-bond donors (Lipinski definition) is 3. The minimum atomic E-state index is -0.941. The second kappa shape index (κ2) is 12.2. The van der Waals surface area contributed by atoms with Gasteiger partial charge in [-0.15, -0.1) is 12.4 Å². The number of aromatic nitrogens is 1. The molecule has 2 aliphatic heterocycles. The van der Waals surface area contributed by atoms with Crippen LogP contribution in [0.5, 0.6) is 0 Å². The summed E-state index contributed by atoms with van der Waals surface area (Å²) >= 11 is 5.86.